The highest BCUT2D eigenvalue weighted by Gasteiger charge is 2.26. The smallest absolute Gasteiger partial charge is 0.244 e. The Kier molecular flexibility index (Phi) is 5.78. The van der Waals surface area contributed by atoms with E-state index >= 15 is 0 Å². The number of hydrogen-bond acceptors (Lipinski definition) is 3. The molecule has 3 rings (SSSR count). The van der Waals surface area contributed by atoms with Crippen molar-refractivity contribution >= 4 is 17.5 Å². The number of piperidine rings is 1. The van der Waals surface area contributed by atoms with Crippen LogP contribution < -0.4 is 0 Å². The Hall–Kier alpha value is -1.82. The molecule has 0 unspecified atom stereocenters. The summed E-state index contributed by atoms with van der Waals surface area (Å²) in [6.07, 6.45) is 9.97. The molecule has 1 aliphatic heterocycles. The largest absolute Gasteiger partial charge is 0.341 e. The van der Waals surface area contributed by atoms with Crippen LogP contribution in [-0.4, -0.2) is 43.2 Å². The fourth-order valence-corrected chi connectivity index (χ4v) is 3.55. The summed E-state index contributed by atoms with van der Waals surface area (Å²) in [5.41, 5.74) is 0.757. The summed E-state index contributed by atoms with van der Waals surface area (Å²) in [5, 5.41) is 4.87. The maximum atomic E-state index is 12.5. The van der Waals surface area contributed by atoms with Gasteiger partial charge in [-0.05, 0) is 26.2 Å². The molecule has 3 heterocycles. The number of rotatable bonds is 6. The highest BCUT2D eigenvalue weighted by Crippen LogP contribution is 2.27. The first kappa shape index (κ1) is 18.0. The van der Waals surface area contributed by atoms with Crippen molar-refractivity contribution in [2.45, 2.75) is 58.5 Å². The second kappa shape index (κ2) is 8.04. The molecule has 1 saturated heterocycles. The number of likely N-dealkylation sites (tertiary alicyclic amines) is 1. The van der Waals surface area contributed by atoms with Crippen LogP contribution in [-0.2, 0) is 17.9 Å². The predicted octanol–water partition coefficient (Wildman–Crippen LogP) is 3.25. The number of hydrogen-bond donors (Lipinski definition) is 0. The predicted molar refractivity (Wildman–Crippen MR) is 97.7 cm³/mol. The Balaban J connectivity index is 1.54. The molecule has 0 N–H and O–H groups in total. The van der Waals surface area contributed by atoms with Crippen molar-refractivity contribution in [1.82, 2.24) is 24.2 Å². The average molecular weight is 364 g/mol. The first-order chi connectivity index (χ1) is 12.1. The first-order valence-corrected chi connectivity index (χ1v) is 9.44. The van der Waals surface area contributed by atoms with Crippen LogP contribution >= 0.6 is 11.6 Å². The van der Waals surface area contributed by atoms with Gasteiger partial charge in [0.25, 0.3) is 0 Å². The van der Waals surface area contributed by atoms with Crippen LogP contribution in [0.2, 0.25) is 5.02 Å². The molecular weight excluding hydrogens is 338 g/mol. The quantitative estimate of drug-likeness (QED) is 0.791. The van der Waals surface area contributed by atoms with Gasteiger partial charge in [-0.15, -0.1) is 0 Å². The zero-order chi connectivity index (χ0) is 17.8. The van der Waals surface area contributed by atoms with Crippen LogP contribution in [0, 0.1) is 6.92 Å². The Morgan fingerprint density at radius 1 is 1.36 bits per heavy atom. The monoisotopic (exact) mass is 363 g/mol. The molecule has 7 heteroatoms. The second-order valence-electron chi connectivity index (χ2n) is 6.75. The molecule has 0 aromatic carbocycles. The van der Waals surface area contributed by atoms with Crippen LogP contribution in [0.25, 0.3) is 0 Å². The lowest BCUT2D eigenvalue weighted by molar-refractivity contribution is -0.133. The fraction of sp³-hybridized carbons (Fsp3) is 0.611. The zero-order valence-electron chi connectivity index (χ0n) is 15.0. The fourth-order valence-electron chi connectivity index (χ4n) is 3.40. The molecule has 1 aliphatic rings. The molecule has 136 valence electrons. The number of aryl methyl sites for hydroxylation is 2. The molecule has 0 radical (unpaired) electrons. The van der Waals surface area contributed by atoms with Gasteiger partial charge in [0.15, 0.2) is 0 Å². The topological polar surface area (TPSA) is 56.0 Å². The van der Waals surface area contributed by atoms with E-state index in [1.807, 2.05) is 18.0 Å². The van der Waals surface area contributed by atoms with E-state index in [4.69, 9.17) is 11.6 Å². The molecule has 6 nitrogen and oxygen atoms in total. The lowest BCUT2D eigenvalue weighted by Crippen LogP contribution is -2.40. The number of amides is 1. The third-order valence-corrected chi connectivity index (χ3v) is 5.27. The molecule has 0 spiro atoms. The normalized spacial score (nSPS) is 15.7. The van der Waals surface area contributed by atoms with Crippen LogP contribution in [0.4, 0.5) is 0 Å². The molecule has 1 fully saturated rings. The van der Waals surface area contributed by atoms with Gasteiger partial charge in [0, 0.05) is 44.1 Å². The number of halogens is 1. The van der Waals surface area contributed by atoms with Gasteiger partial charge in [-0.3, -0.25) is 9.48 Å². The summed E-state index contributed by atoms with van der Waals surface area (Å²) in [7, 11) is 0. The summed E-state index contributed by atoms with van der Waals surface area (Å²) < 4.78 is 3.91. The number of carbonyl (C=O) groups is 1. The van der Waals surface area contributed by atoms with Crippen molar-refractivity contribution in [3.05, 3.63) is 35.1 Å². The van der Waals surface area contributed by atoms with E-state index in [-0.39, 0.29) is 12.5 Å². The third-order valence-electron chi connectivity index (χ3n) is 4.90. The zero-order valence-corrected chi connectivity index (χ0v) is 15.7. The highest BCUT2D eigenvalue weighted by molar-refractivity contribution is 6.31. The van der Waals surface area contributed by atoms with E-state index < -0.39 is 0 Å². The summed E-state index contributed by atoms with van der Waals surface area (Å²) in [4.78, 5) is 19.0. The van der Waals surface area contributed by atoms with Crippen LogP contribution in [0.1, 0.15) is 50.0 Å². The van der Waals surface area contributed by atoms with Crippen LogP contribution in [0.15, 0.2) is 18.6 Å². The van der Waals surface area contributed by atoms with Crippen molar-refractivity contribution in [2.24, 2.45) is 0 Å². The van der Waals surface area contributed by atoms with Crippen molar-refractivity contribution in [3.63, 3.8) is 0 Å². The van der Waals surface area contributed by atoms with Gasteiger partial charge in [0.05, 0.1) is 10.7 Å². The molecule has 0 aliphatic carbocycles. The number of nitrogens with zero attached hydrogens (tertiary/aromatic N) is 5. The molecular formula is C18H26ClN5O. The van der Waals surface area contributed by atoms with E-state index in [9.17, 15) is 4.79 Å². The van der Waals surface area contributed by atoms with Crippen molar-refractivity contribution < 1.29 is 4.79 Å². The molecule has 0 saturated carbocycles. The summed E-state index contributed by atoms with van der Waals surface area (Å²) >= 11 is 6.01. The van der Waals surface area contributed by atoms with E-state index in [1.54, 1.807) is 10.9 Å². The molecule has 2 aromatic heterocycles. The van der Waals surface area contributed by atoms with Gasteiger partial charge in [0.1, 0.15) is 12.4 Å². The van der Waals surface area contributed by atoms with Crippen molar-refractivity contribution in [1.29, 1.82) is 0 Å². The van der Waals surface area contributed by atoms with E-state index in [0.717, 1.165) is 38.2 Å². The van der Waals surface area contributed by atoms with E-state index in [0.29, 0.717) is 10.9 Å². The van der Waals surface area contributed by atoms with Gasteiger partial charge in [-0.1, -0.05) is 24.9 Å². The Morgan fingerprint density at radius 2 is 2.12 bits per heavy atom. The van der Waals surface area contributed by atoms with Crippen LogP contribution in [0.5, 0.6) is 0 Å². The van der Waals surface area contributed by atoms with Crippen LogP contribution in [0.3, 0.4) is 0 Å². The number of carbonyl (C=O) groups excluding carboxylic acids is 1. The molecule has 1 amide bonds. The average Bonchev–Trinajstić information content (AvgIpc) is 3.19. The lowest BCUT2D eigenvalue weighted by atomic mass is 9.95. The van der Waals surface area contributed by atoms with E-state index in [1.165, 1.54) is 18.7 Å². The molecule has 2 aromatic rings. The van der Waals surface area contributed by atoms with E-state index in [2.05, 4.69) is 27.8 Å². The van der Waals surface area contributed by atoms with Gasteiger partial charge >= 0.3 is 0 Å². The lowest BCUT2D eigenvalue weighted by Gasteiger charge is -2.32. The third kappa shape index (κ3) is 4.24. The summed E-state index contributed by atoms with van der Waals surface area (Å²) in [6, 6.07) is 0. The number of unbranched alkanes of at least 4 members (excludes halogenated alkanes) is 1. The maximum Gasteiger partial charge on any atom is 0.244 e. The van der Waals surface area contributed by atoms with Gasteiger partial charge in [-0.25, -0.2) is 4.98 Å². The first-order valence-electron chi connectivity index (χ1n) is 9.06. The van der Waals surface area contributed by atoms with Gasteiger partial charge in [-0.2, -0.15) is 5.10 Å². The number of aromatic nitrogens is 4. The minimum absolute atomic E-state index is 0.104. The van der Waals surface area contributed by atoms with Gasteiger partial charge < -0.3 is 9.47 Å². The highest BCUT2D eigenvalue weighted by atomic mass is 35.5. The molecule has 0 atom stereocenters. The van der Waals surface area contributed by atoms with Gasteiger partial charge in [0.2, 0.25) is 5.91 Å². The Morgan fingerprint density at radius 3 is 2.76 bits per heavy atom. The molecule has 25 heavy (non-hydrogen) atoms. The SMILES string of the molecule is CCCCn1ccnc1C1CCN(C(=O)Cn2cc(Cl)c(C)n2)CC1. The summed E-state index contributed by atoms with van der Waals surface area (Å²) in [5.74, 6) is 1.72. The Labute approximate surface area is 153 Å². The Bertz CT molecular complexity index is 695. The van der Waals surface area contributed by atoms with Crippen molar-refractivity contribution in [2.75, 3.05) is 13.1 Å². The summed E-state index contributed by atoms with van der Waals surface area (Å²) in [6.45, 7) is 6.88. The second-order valence-corrected chi connectivity index (χ2v) is 7.15. The minimum atomic E-state index is 0.104. The molecule has 0 bridgehead atoms. The maximum absolute atomic E-state index is 12.5. The van der Waals surface area contributed by atoms with Crippen molar-refractivity contribution in [3.8, 4) is 0 Å². The number of imidazole rings is 1. The minimum Gasteiger partial charge on any atom is -0.341 e. The standard InChI is InChI=1S/C18H26ClN5O/c1-3-4-8-23-11-7-20-18(23)15-5-9-22(10-6-15)17(25)13-24-12-16(19)14(2)21-24/h7,11-12,15H,3-6,8-10,13H2,1-2H3.